The van der Waals surface area contributed by atoms with Crippen molar-refractivity contribution in [3.63, 3.8) is 0 Å². The van der Waals surface area contributed by atoms with Crippen LogP contribution in [0.3, 0.4) is 0 Å². The van der Waals surface area contributed by atoms with Gasteiger partial charge in [-0.3, -0.25) is 0 Å². The first-order valence-electron chi connectivity index (χ1n) is 4.04. The molecule has 0 saturated heterocycles. The first-order valence-corrected chi connectivity index (χ1v) is 4.83. The van der Waals surface area contributed by atoms with E-state index in [2.05, 4.69) is 15.9 Å². The van der Waals surface area contributed by atoms with E-state index in [1.165, 1.54) is 0 Å². The summed E-state index contributed by atoms with van der Waals surface area (Å²) >= 11 is 3.19. The molecule has 0 bridgehead atoms. The van der Waals surface area contributed by atoms with E-state index in [1.807, 2.05) is 13.0 Å². The Morgan fingerprint density at radius 3 is 2.40 bits per heavy atom. The average molecular weight is 303 g/mol. The predicted molar refractivity (Wildman–Crippen MR) is 57.0 cm³/mol. The molecule has 6 heteroatoms. The van der Waals surface area contributed by atoms with Gasteiger partial charge in [-0.05, 0) is 18.6 Å². The van der Waals surface area contributed by atoms with Crippen molar-refractivity contribution >= 4 is 29.0 Å². The summed E-state index contributed by atoms with van der Waals surface area (Å²) in [6, 6.07) is 5.26. The van der Waals surface area contributed by atoms with Gasteiger partial charge in [-0.25, -0.2) is 0 Å². The van der Waals surface area contributed by atoms with E-state index in [9.17, 15) is 12.9 Å². The number of halogens is 4. The number of hydrogen-bond donors (Lipinski definition) is 0. The van der Waals surface area contributed by atoms with E-state index in [0.717, 1.165) is 11.6 Å². The van der Waals surface area contributed by atoms with Crippen molar-refractivity contribution in [1.82, 2.24) is 0 Å². The molecule has 1 aromatic carbocycles. The smallest absolute Gasteiger partial charge is 0.445 e. The van der Waals surface area contributed by atoms with Crippen LogP contribution in [0.25, 0.3) is 6.08 Å². The Morgan fingerprint density at radius 1 is 1.27 bits per heavy atom. The number of benzene rings is 1. The minimum Gasteiger partial charge on any atom is -0.445 e. The second-order valence-electron chi connectivity index (χ2n) is 3.01. The Morgan fingerprint density at radius 2 is 1.87 bits per heavy atom. The summed E-state index contributed by atoms with van der Waals surface area (Å²) < 4.78 is 36.5. The summed E-state index contributed by atoms with van der Waals surface area (Å²) in [7, 11) is 0. The fraction of sp³-hybridized carbons (Fsp3) is 0.111. The molecule has 1 aromatic rings. The molecule has 0 aliphatic carbocycles. The molecule has 0 radical (unpaired) electrons. The molecule has 0 spiro atoms. The molecule has 0 N–H and O–H groups in total. The van der Waals surface area contributed by atoms with Crippen LogP contribution in [0.5, 0.6) is 0 Å². The van der Waals surface area contributed by atoms with Crippen molar-refractivity contribution in [2.24, 2.45) is 0 Å². The van der Waals surface area contributed by atoms with Crippen LogP contribution in [0, 0.1) is 6.92 Å². The molecule has 0 amide bonds. The second kappa shape index (κ2) is 6.61. The maximum atomic E-state index is 11.9. The topological polar surface area (TPSA) is 0 Å². The summed E-state index contributed by atoms with van der Waals surface area (Å²) in [6.07, 6.45) is 1.08. The molecular weight excluding hydrogens is 295 g/mol. The first kappa shape index (κ1) is 15.9. The molecule has 0 nitrogen and oxygen atoms in total. The second-order valence-corrected chi connectivity index (χ2v) is 3.86. The summed E-state index contributed by atoms with van der Waals surface area (Å²) in [4.78, 5) is 0. The van der Waals surface area contributed by atoms with E-state index >= 15 is 0 Å². The molecule has 15 heavy (non-hydrogen) atoms. The van der Waals surface area contributed by atoms with Gasteiger partial charge in [-0.1, -0.05) is 39.7 Å². The van der Waals surface area contributed by atoms with Crippen molar-refractivity contribution in [2.75, 3.05) is 0 Å². The number of hydrogen-bond acceptors (Lipinski definition) is 0. The molecular formula is C9H8BBrF3K. The molecule has 0 unspecified atom stereocenters. The van der Waals surface area contributed by atoms with Gasteiger partial charge in [0, 0.05) is 4.47 Å². The molecule has 1 rings (SSSR count). The third kappa shape index (κ3) is 6.29. The SMILES string of the molecule is Cc1ccc(Br)c(/C=C/[B-](F)(F)F)c1.[K+]. The molecule has 0 heterocycles. The van der Waals surface area contributed by atoms with Gasteiger partial charge >= 0.3 is 58.4 Å². The number of aryl methyl sites for hydroxylation is 1. The largest absolute Gasteiger partial charge is 1.00 e. The van der Waals surface area contributed by atoms with Crippen molar-refractivity contribution in [3.05, 3.63) is 39.8 Å². The Hall–Kier alpha value is 0.931. The molecule has 0 saturated carbocycles. The van der Waals surface area contributed by atoms with E-state index in [4.69, 9.17) is 0 Å². The zero-order valence-electron chi connectivity index (χ0n) is 8.48. The zero-order chi connectivity index (χ0) is 10.8. The Labute approximate surface area is 138 Å². The Balaban J connectivity index is 0.00000196. The molecule has 0 atom stereocenters. The van der Waals surface area contributed by atoms with Crippen LogP contribution >= 0.6 is 15.9 Å². The molecule has 76 valence electrons. The fourth-order valence-electron chi connectivity index (χ4n) is 1.00. The quantitative estimate of drug-likeness (QED) is 0.719. The van der Waals surface area contributed by atoms with Crippen molar-refractivity contribution in [1.29, 1.82) is 0 Å². The van der Waals surface area contributed by atoms with E-state index < -0.39 is 6.98 Å². The first-order chi connectivity index (χ1) is 6.38. The standard InChI is InChI=1S/C9H8BBrF3.K/c1-7-2-3-9(11)8(6-7)4-5-10(12,13)14;/h2-6H,1H3;/q-1;+1/b5-4+;. The van der Waals surface area contributed by atoms with Gasteiger partial charge in [0.1, 0.15) is 0 Å². The Bertz CT molecular complexity index is 363. The van der Waals surface area contributed by atoms with Gasteiger partial charge in [0.05, 0.1) is 0 Å². The third-order valence-electron chi connectivity index (χ3n) is 1.65. The van der Waals surface area contributed by atoms with Crippen molar-refractivity contribution in [3.8, 4) is 0 Å². The van der Waals surface area contributed by atoms with E-state index in [-0.39, 0.29) is 51.4 Å². The summed E-state index contributed by atoms with van der Waals surface area (Å²) in [5.74, 6) is 0.291. The maximum Gasteiger partial charge on any atom is 1.00 e. The van der Waals surface area contributed by atoms with Gasteiger partial charge in [-0.2, -0.15) is 0 Å². The minimum atomic E-state index is -4.86. The predicted octanol–water partition coefficient (Wildman–Crippen LogP) is 1.16. The van der Waals surface area contributed by atoms with Crippen LogP contribution in [-0.4, -0.2) is 6.98 Å². The summed E-state index contributed by atoms with van der Waals surface area (Å²) in [5, 5.41) is 0. The Kier molecular flexibility index (Phi) is 7.03. The minimum absolute atomic E-state index is 0. The molecule has 0 aliphatic rings. The molecule has 0 aromatic heterocycles. The normalized spacial score (nSPS) is 11.5. The van der Waals surface area contributed by atoms with Crippen molar-refractivity contribution in [2.45, 2.75) is 6.92 Å². The zero-order valence-corrected chi connectivity index (χ0v) is 13.2. The van der Waals surface area contributed by atoms with Gasteiger partial charge in [0.15, 0.2) is 0 Å². The monoisotopic (exact) mass is 302 g/mol. The van der Waals surface area contributed by atoms with Gasteiger partial charge in [0.25, 0.3) is 0 Å². The third-order valence-corrected chi connectivity index (χ3v) is 2.37. The van der Waals surface area contributed by atoms with Crippen LogP contribution in [-0.2, 0) is 0 Å². The average Bonchev–Trinajstić information content (AvgIpc) is 2.05. The molecule has 0 aliphatic heterocycles. The van der Waals surface area contributed by atoms with Crippen LogP contribution in [0.15, 0.2) is 28.6 Å². The maximum absolute atomic E-state index is 11.9. The van der Waals surface area contributed by atoms with Crippen LogP contribution in [0.4, 0.5) is 12.9 Å². The van der Waals surface area contributed by atoms with Crippen LogP contribution in [0.1, 0.15) is 11.1 Å². The van der Waals surface area contributed by atoms with Crippen LogP contribution < -0.4 is 51.4 Å². The molecule has 0 fully saturated rings. The number of rotatable bonds is 2. The van der Waals surface area contributed by atoms with Gasteiger partial charge in [-0.15, -0.1) is 5.98 Å². The van der Waals surface area contributed by atoms with E-state index in [0.29, 0.717) is 16.0 Å². The van der Waals surface area contributed by atoms with Crippen LogP contribution in [0.2, 0.25) is 0 Å². The van der Waals surface area contributed by atoms with E-state index in [1.54, 1.807) is 12.1 Å². The van der Waals surface area contributed by atoms with Gasteiger partial charge < -0.3 is 12.9 Å². The summed E-state index contributed by atoms with van der Waals surface area (Å²) in [5.41, 5.74) is 1.48. The fourth-order valence-corrected chi connectivity index (χ4v) is 1.38. The van der Waals surface area contributed by atoms with Crippen molar-refractivity contribution < 1.29 is 64.3 Å². The van der Waals surface area contributed by atoms with Gasteiger partial charge in [0.2, 0.25) is 0 Å². The summed E-state index contributed by atoms with van der Waals surface area (Å²) in [6.45, 7) is -3.02.